The SMILES string of the molecule is FC(F)c1c(Cl)ccc2c(N[C@@H]3C4CCN(CC4)C34CC4)noc12. The molecule has 128 valence electrons. The van der Waals surface area contributed by atoms with E-state index in [-0.39, 0.29) is 21.7 Å². The highest BCUT2D eigenvalue weighted by Crippen LogP contribution is 2.54. The quantitative estimate of drug-likeness (QED) is 0.884. The van der Waals surface area contributed by atoms with Crippen molar-refractivity contribution in [3.63, 3.8) is 0 Å². The van der Waals surface area contributed by atoms with Gasteiger partial charge in [-0.1, -0.05) is 16.8 Å². The maximum absolute atomic E-state index is 13.3. The van der Waals surface area contributed by atoms with Crippen molar-refractivity contribution in [3.05, 3.63) is 22.7 Å². The van der Waals surface area contributed by atoms with Gasteiger partial charge in [0.25, 0.3) is 6.43 Å². The van der Waals surface area contributed by atoms with Crippen LogP contribution in [-0.4, -0.2) is 34.7 Å². The Labute approximate surface area is 143 Å². The molecule has 2 bridgehead atoms. The minimum absolute atomic E-state index is 0.0155. The van der Waals surface area contributed by atoms with E-state index in [9.17, 15) is 8.78 Å². The van der Waals surface area contributed by atoms with Crippen LogP contribution < -0.4 is 5.32 Å². The second kappa shape index (κ2) is 5.05. The molecular formula is C17H18ClF2N3O. The van der Waals surface area contributed by atoms with Gasteiger partial charge in [-0.15, -0.1) is 0 Å². The number of nitrogens with zero attached hydrogens (tertiary/aromatic N) is 2. The van der Waals surface area contributed by atoms with Gasteiger partial charge in [0.2, 0.25) is 0 Å². The highest BCUT2D eigenvalue weighted by molar-refractivity contribution is 6.32. The number of aromatic nitrogens is 1. The van der Waals surface area contributed by atoms with E-state index in [0.29, 0.717) is 23.2 Å². The molecule has 4 nitrogen and oxygen atoms in total. The fourth-order valence-corrected chi connectivity index (χ4v) is 5.01. The van der Waals surface area contributed by atoms with Crippen LogP contribution in [0.3, 0.4) is 0 Å². The molecule has 1 saturated carbocycles. The number of rotatable bonds is 3. The number of fused-ring (bicyclic) bond motifs is 3. The van der Waals surface area contributed by atoms with Gasteiger partial charge in [0.15, 0.2) is 11.4 Å². The van der Waals surface area contributed by atoms with Gasteiger partial charge in [0.1, 0.15) is 0 Å². The minimum atomic E-state index is -2.69. The van der Waals surface area contributed by atoms with Crippen LogP contribution >= 0.6 is 11.6 Å². The lowest BCUT2D eigenvalue weighted by Crippen LogP contribution is -2.62. The molecule has 0 amide bonds. The van der Waals surface area contributed by atoms with E-state index >= 15 is 0 Å². The van der Waals surface area contributed by atoms with Crippen molar-refractivity contribution in [2.75, 3.05) is 18.4 Å². The van der Waals surface area contributed by atoms with Crippen molar-refractivity contribution in [2.45, 2.75) is 43.7 Å². The number of alkyl halides is 2. The van der Waals surface area contributed by atoms with Crippen molar-refractivity contribution in [3.8, 4) is 0 Å². The number of benzene rings is 1. The second-order valence-corrected chi connectivity index (χ2v) is 7.63. The van der Waals surface area contributed by atoms with Crippen LogP contribution in [-0.2, 0) is 0 Å². The molecule has 4 fully saturated rings. The lowest BCUT2D eigenvalue weighted by molar-refractivity contribution is 0.0202. The van der Waals surface area contributed by atoms with E-state index in [0.717, 1.165) is 0 Å². The standard InChI is InChI=1S/C17H18ClF2N3O/c18-11-2-1-10-13(12(11)15(19)20)24-22-16(10)21-14-9-3-7-23(8-4-9)17(14)5-6-17/h1-2,9,14-15H,3-8H2,(H,21,22)/t14-/m1/s1. The van der Waals surface area contributed by atoms with E-state index in [2.05, 4.69) is 15.4 Å². The van der Waals surface area contributed by atoms with Crippen molar-refractivity contribution in [1.82, 2.24) is 10.1 Å². The fourth-order valence-electron chi connectivity index (χ4n) is 4.78. The average molecular weight is 354 g/mol. The average Bonchev–Trinajstić information content (AvgIpc) is 3.25. The van der Waals surface area contributed by atoms with Gasteiger partial charge in [-0.25, -0.2) is 8.78 Å². The molecule has 6 rings (SSSR count). The maximum atomic E-state index is 13.3. The first kappa shape index (κ1) is 14.9. The molecule has 1 aromatic carbocycles. The second-order valence-electron chi connectivity index (χ2n) is 7.22. The Morgan fingerprint density at radius 2 is 2.04 bits per heavy atom. The fraction of sp³-hybridized carbons (Fsp3) is 0.588. The van der Waals surface area contributed by atoms with Gasteiger partial charge in [-0.05, 0) is 56.8 Å². The van der Waals surface area contributed by atoms with Crippen LogP contribution in [0.4, 0.5) is 14.6 Å². The summed E-state index contributed by atoms with van der Waals surface area (Å²) in [5.41, 5.74) is 0.0561. The molecule has 1 aromatic heterocycles. The molecule has 1 N–H and O–H groups in total. The monoisotopic (exact) mass is 353 g/mol. The molecule has 24 heavy (non-hydrogen) atoms. The molecular weight excluding hydrogens is 336 g/mol. The van der Waals surface area contributed by atoms with Crippen LogP contribution in [0, 0.1) is 5.92 Å². The van der Waals surface area contributed by atoms with Gasteiger partial charge in [0, 0.05) is 11.6 Å². The lowest BCUT2D eigenvalue weighted by atomic mass is 9.77. The summed E-state index contributed by atoms with van der Waals surface area (Å²) in [5, 5.41) is 8.19. The van der Waals surface area contributed by atoms with Gasteiger partial charge >= 0.3 is 0 Å². The smallest absolute Gasteiger partial charge is 0.269 e. The number of halogens is 3. The molecule has 3 saturated heterocycles. The Hall–Kier alpha value is -1.40. The highest BCUT2D eigenvalue weighted by Gasteiger charge is 2.60. The number of hydrogen-bond acceptors (Lipinski definition) is 4. The first-order chi connectivity index (χ1) is 11.6. The number of piperidine rings is 3. The van der Waals surface area contributed by atoms with Crippen molar-refractivity contribution < 1.29 is 13.3 Å². The van der Waals surface area contributed by atoms with Crippen molar-refractivity contribution in [1.29, 1.82) is 0 Å². The summed E-state index contributed by atoms with van der Waals surface area (Å²) in [4.78, 5) is 2.59. The molecule has 4 aliphatic rings. The van der Waals surface area contributed by atoms with E-state index in [1.54, 1.807) is 6.07 Å². The van der Waals surface area contributed by atoms with Crippen LogP contribution in [0.15, 0.2) is 16.7 Å². The van der Waals surface area contributed by atoms with Crippen LogP contribution in [0.1, 0.15) is 37.7 Å². The topological polar surface area (TPSA) is 41.3 Å². The third-order valence-electron chi connectivity index (χ3n) is 6.12. The normalized spacial score (nSPS) is 30.4. The Bertz CT molecular complexity index is 796. The highest BCUT2D eigenvalue weighted by atomic mass is 35.5. The van der Waals surface area contributed by atoms with Crippen LogP contribution in [0.2, 0.25) is 5.02 Å². The predicted octanol–water partition coefficient (Wildman–Crippen LogP) is 4.46. The Balaban J connectivity index is 1.53. The first-order valence-corrected chi connectivity index (χ1v) is 8.85. The molecule has 7 heteroatoms. The third kappa shape index (κ3) is 1.96. The lowest BCUT2D eigenvalue weighted by Gasteiger charge is -2.52. The summed E-state index contributed by atoms with van der Waals surface area (Å²) in [6.07, 6.45) is 2.08. The Kier molecular flexibility index (Phi) is 3.14. The Morgan fingerprint density at radius 1 is 1.29 bits per heavy atom. The number of nitrogens with one attached hydrogen (secondary N) is 1. The molecule has 1 aliphatic carbocycles. The summed E-state index contributed by atoms with van der Waals surface area (Å²) >= 11 is 5.91. The van der Waals surface area contributed by atoms with E-state index in [1.807, 2.05) is 0 Å². The Morgan fingerprint density at radius 3 is 2.71 bits per heavy atom. The molecule has 2 aromatic rings. The third-order valence-corrected chi connectivity index (χ3v) is 6.45. The van der Waals surface area contributed by atoms with Crippen LogP contribution in [0.5, 0.6) is 0 Å². The van der Waals surface area contributed by atoms with Crippen molar-refractivity contribution >= 4 is 28.4 Å². The summed E-state index contributed by atoms with van der Waals surface area (Å²) in [6, 6.07) is 3.53. The van der Waals surface area contributed by atoms with Gasteiger partial charge in [-0.2, -0.15) is 0 Å². The van der Waals surface area contributed by atoms with Gasteiger partial charge < -0.3 is 9.84 Å². The molecule has 3 aliphatic heterocycles. The zero-order chi connectivity index (χ0) is 16.5. The molecule has 1 spiro atoms. The van der Waals surface area contributed by atoms with Gasteiger partial charge in [0.05, 0.1) is 16.0 Å². The molecule has 1 atom stereocenters. The minimum Gasteiger partial charge on any atom is -0.362 e. The van der Waals surface area contributed by atoms with E-state index in [4.69, 9.17) is 16.1 Å². The summed E-state index contributed by atoms with van der Waals surface area (Å²) in [7, 11) is 0. The first-order valence-electron chi connectivity index (χ1n) is 8.48. The number of anilines is 1. The van der Waals surface area contributed by atoms with E-state index in [1.165, 1.54) is 44.8 Å². The molecule has 0 radical (unpaired) electrons. The van der Waals surface area contributed by atoms with E-state index < -0.39 is 6.43 Å². The maximum Gasteiger partial charge on any atom is 0.269 e. The van der Waals surface area contributed by atoms with Crippen molar-refractivity contribution in [2.24, 2.45) is 5.92 Å². The predicted molar refractivity (Wildman–Crippen MR) is 87.6 cm³/mol. The number of hydrogen-bond donors (Lipinski definition) is 1. The zero-order valence-electron chi connectivity index (χ0n) is 13.1. The molecule has 0 unspecified atom stereocenters. The summed E-state index contributed by atoms with van der Waals surface area (Å²) < 4.78 is 31.8. The van der Waals surface area contributed by atoms with Gasteiger partial charge in [-0.3, -0.25) is 4.90 Å². The van der Waals surface area contributed by atoms with Crippen LogP contribution in [0.25, 0.3) is 11.0 Å². The summed E-state index contributed by atoms with van der Waals surface area (Å²) in [5.74, 6) is 1.18. The largest absolute Gasteiger partial charge is 0.362 e. The zero-order valence-corrected chi connectivity index (χ0v) is 13.8. The summed E-state index contributed by atoms with van der Waals surface area (Å²) in [6.45, 7) is 2.35. The molecule has 4 heterocycles.